The summed E-state index contributed by atoms with van der Waals surface area (Å²) < 4.78 is 0. The lowest BCUT2D eigenvalue weighted by molar-refractivity contribution is 0.100. The first-order chi connectivity index (χ1) is 7.33. The van der Waals surface area contributed by atoms with Gasteiger partial charge in [0.15, 0.2) is 0 Å². The second-order valence-corrected chi connectivity index (χ2v) is 5.41. The lowest BCUT2D eigenvalue weighted by atomic mass is 9.70. The molecule has 1 aliphatic heterocycles. The summed E-state index contributed by atoms with van der Waals surface area (Å²) in [6, 6.07) is 0.821. The molecule has 0 aromatic carbocycles. The average molecular weight is 211 g/mol. The highest BCUT2D eigenvalue weighted by atomic mass is 16.2. The van der Waals surface area contributed by atoms with Crippen molar-refractivity contribution in [2.75, 3.05) is 20.2 Å². The van der Waals surface area contributed by atoms with E-state index >= 15 is 0 Å². The van der Waals surface area contributed by atoms with Gasteiger partial charge in [0.2, 0.25) is 0 Å². The van der Waals surface area contributed by atoms with Crippen LogP contribution in [-0.4, -0.2) is 36.2 Å². The number of hydrogen-bond donors (Lipinski definition) is 1. The van der Waals surface area contributed by atoms with E-state index in [2.05, 4.69) is 11.9 Å². The highest BCUT2D eigenvalue weighted by molar-refractivity contribution is 4.89. The summed E-state index contributed by atoms with van der Waals surface area (Å²) >= 11 is 0. The van der Waals surface area contributed by atoms with E-state index in [0.29, 0.717) is 6.61 Å². The summed E-state index contributed by atoms with van der Waals surface area (Å²) in [5.41, 5.74) is 0. The molecule has 2 nitrogen and oxygen atoms in total. The van der Waals surface area contributed by atoms with E-state index in [1.165, 1.54) is 45.1 Å². The lowest BCUT2D eigenvalue weighted by Gasteiger charge is -2.40. The maximum atomic E-state index is 8.98. The minimum absolute atomic E-state index is 0.375. The predicted octanol–water partition coefficient (Wildman–Crippen LogP) is 2.27. The van der Waals surface area contributed by atoms with Gasteiger partial charge in [-0.15, -0.1) is 0 Å². The van der Waals surface area contributed by atoms with E-state index in [0.717, 1.165) is 24.3 Å². The molecule has 2 fully saturated rings. The van der Waals surface area contributed by atoms with E-state index in [1.807, 2.05) is 0 Å². The molecule has 1 saturated carbocycles. The molecule has 2 aliphatic rings. The molecule has 2 atom stereocenters. The maximum absolute atomic E-state index is 8.98. The standard InChI is InChI=1S/C13H25NO/c1-14-9-3-8-13(14)12(7-4-10-15)11-5-2-6-11/h11-13,15H,2-10H2,1H3. The quantitative estimate of drug-likeness (QED) is 0.754. The van der Waals surface area contributed by atoms with Crippen molar-refractivity contribution in [1.82, 2.24) is 4.90 Å². The fraction of sp³-hybridized carbons (Fsp3) is 1.00. The smallest absolute Gasteiger partial charge is 0.0431 e. The molecule has 2 rings (SSSR count). The Morgan fingerprint density at radius 3 is 2.53 bits per heavy atom. The summed E-state index contributed by atoms with van der Waals surface area (Å²) in [6.07, 6.45) is 9.35. The zero-order chi connectivity index (χ0) is 10.7. The molecule has 1 saturated heterocycles. The van der Waals surface area contributed by atoms with Crippen LogP contribution in [0, 0.1) is 11.8 Å². The van der Waals surface area contributed by atoms with Crippen LogP contribution < -0.4 is 0 Å². The van der Waals surface area contributed by atoms with E-state index < -0.39 is 0 Å². The Morgan fingerprint density at radius 2 is 2.07 bits per heavy atom. The highest BCUT2D eigenvalue weighted by Gasteiger charge is 2.36. The first-order valence-electron chi connectivity index (χ1n) is 6.64. The molecule has 0 spiro atoms. The Bertz CT molecular complexity index is 191. The molecule has 0 radical (unpaired) electrons. The molecule has 0 bridgehead atoms. The normalized spacial score (nSPS) is 30.4. The molecule has 2 heteroatoms. The molecule has 15 heavy (non-hydrogen) atoms. The van der Waals surface area contributed by atoms with Crippen LogP contribution in [-0.2, 0) is 0 Å². The topological polar surface area (TPSA) is 23.5 Å². The van der Waals surface area contributed by atoms with Gasteiger partial charge in [0.25, 0.3) is 0 Å². The van der Waals surface area contributed by atoms with Gasteiger partial charge in [-0.3, -0.25) is 0 Å². The van der Waals surface area contributed by atoms with E-state index in [-0.39, 0.29) is 0 Å². The molecule has 1 heterocycles. The zero-order valence-electron chi connectivity index (χ0n) is 9.99. The summed E-state index contributed by atoms with van der Waals surface area (Å²) in [4.78, 5) is 2.56. The Balaban J connectivity index is 1.90. The van der Waals surface area contributed by atoms with Gasteiger partial charge in [-0.2, -0.15) is 0 Å². The molecular formula is C13H25NO. The Labute approximate surface area is 93.7 Å². The van der Waals surface area contributed by atoms with Crippen molar-refractivity contribution in [3.8, 4) is 0 Å². The number of aliphatic hydroxyl groups is 1. The third kappa shape index (κ3) is 2.54. The van der Waals surface area contributed by atoms with Crippen molar-refractivity contribution in [1.29, 1.82) is 0 Å². The van der Waals surface area contributed by atoms with Crippen LogP contribution in [0.25, 0.3) is 0 Å². The minimum Gasteiger partial charge on any atom is -0.396 e. The number of likely N-dealkylation sites (tertiary alicyclic amines) is 1. The molecular weight excluding hydrogens is 186 g/mol. The van der Waals surface area contributed by atoms with Gasteiger partial charge in [-0.25, -0.2) is 0 Å². The van der Waals surface area contributed by atoms with Crippen molar-refractivity contribution in [3.05, 3.63) is 0 Å². The molecule has 0 amide bonds. The summed E-state index contributed by atoms with van der Waals surface area (Å²) in [7, 11) is 2.28. The first kappa shape index (κ1) is 11.4. The van der Waals surface area contributed by atoms with Gasteiger partial charge >= 0.3 is 0 Å². The van der Waals surface area contributed by atoms with E-state index in [9.17, 15) is 0 Å². The van der Waals surface area contributed by atoms with Gasteiger partial charge < -0.3 is 10.0 Å². The van der Waals surface area contributed by atoms with Crippen LogP contribution in [0.1, 0.15) is 44.9 Å². The van der Waals surface area contributed by atoms with Gasteiger partial charge in [0.05, 0.1) is 0 Å². The average Bonchev–Trinajstić information content (AvgIpc) is 2.55. The summed E-state index contributed by atoms with van der Waals surface area (Å²) in [5, 5.41) is 8.98. The number of rotatable bonds is 5. The van der Waals surface area contributed by atoms with Gasteiger partial charge in [-0.1, -0.05) is 19.3 Å². The van der Waals surface area contributed by atoms with Crippen LogP contribution in [0.3, 0.4) is 0 Å². The summed E-state index contributed by atoms with van der Waals surface area (Å²) in [5.74, 6) is 1.85. The van der Waals surface area contributed by atoms with E-state index in [4.69, 9.17) is 5.11 Å². The summed E-state index contributed by atoms with van der Waals surface area (Å²) in [6.45, 7) is 1.66. The highest BCUT2D eigenvalue weighted by Crippen LogP contribution is 2.41. The van der Waals surface area contributed by atoms with Crippen molar-refractivity contribution >= 4 is 0 Å². The number of aliphatic hydroxyl groups excluding tert-OH is 1. The largest absolute Gasteiger partial charge is 0.396 e. The maximum Gasteiger partial charge on any atom is 0.0431 e. The van der Waals surface area contributed by atoms with Crippen molar-refractivity contribution in [3.63, 3.8) is 0 Å². The Hall–Kier alpha value is -0.0800. The SMILES string of the molecule is CN1CCCC1C(CCCO)C1CCC1. The van der Waals surface area contributed by atoms with Gasteiger partial charge in [0, 0.05) is 12.6 Å². The molecule has 88 valence electrons. The fourth-order valence-electron chi connectivity index (χ4n) is 3.41. The zero-order valence-corrected chi connectivity index (χ0v) is 9.99. The monoisotopic (exact) mass is 211 g/mol. The molecule has 0 aromatic heterocycles. The van der Waals surface area contributed by atoms with Crippen LogP contribution in [0.2, 0.25) is 0 Å². The first-order valence-corrected chi connectivity index (χ1v) is 6.64. The molecule has 2 unspecified atom stereocenters. The van der Waals surface area contributed by atoms with Crippen molar-refractivity contribution in [2.24, 2.45) is 11.8 Å². The fourth-order valence-corrected chi connectivity index (χ4v) is 3.41. The number of hydrogen-bond acceptors (Lipinski definition) is 2. The Kier molecular flexibility index (Phi) is 4.04. The second kappa shape index (κ2) is 5.31. The predicted molar refractivity (Wildman–Crippen MR) is 62.8 cm³/mol. The van der Waals surface area contributed by atoms with Crippen LogP contribution in [0.5, 0.6) is 0 Å². The van der Waals surface area contributed by atoms with E-state index in [1.54, 1.807) is 0 Å². The minimum atomic E-state index is 0.375. The third-order valence-electron chi connectivity index (χ3n) is 4.52. The molecule has 1 aliphatic carbocycles. The second-order valence-electron chi connectivity index (χ2n) is 5.41. The van der Waals surface area contributed by atoms with Crippen molar-refractivity contribution in [2.45, 2.75) is 51.0 Å². The third-order valence-corrected chi connectivity index (χ3v) is 4.52. The van der Waals surface area contributed by atoms with Crippen molar-refractivity contribution < 1.29 is 5.11 Å². The molecule has 1 N–H and O–H groups in total. The van der Waals surface area contributed by atoms with Gasteiger partial charge in [-0.05, 0) is 51.1 Å². The van der Waals surface area contributed by atoms with Gasteiger partial charge in [0.1, 0.15) is 0 Å². The van der Waals surface area contributed by atoms with Crippen LogP contribution >= 0.6 is 0 Å². The number of nitrogens with zero attached hydrogens (tertiary/aromatic N) is 1. The Morgan fingerprint density at radius 1 is 1.27 bits per heavy atom. The molecule has 0 aromatic rings. The van der Waals surface area contributed by atoms with Crippen LogP contribution in [0.4, 0.5) is 0 Å². The lowest BCUT2D eigenvalue weighted by Crippen LogP contribution is -2.39. The van der Waals surface area contributed by atoms with Crippen LogP contribution in [0.15, 0.2) is 0 Å².